The summed E-state index contributed by atoms with van der Waals surface area (Å²) in [5.41, 5.74) is 0.889. The molecule has 0 atom stereocenters. The van der Waals surface area contributed by atoms with Gasteiger partial charge in [-0.15, -0.1) is 0 Å². The number of anilines is 1. The third-order valence-corrected chi connectivity index (χ3v) is 2.22. The van der Waals surface area contributed by atoms with Crippen molar-refractivity contribution in [3.8, 4) is 0 Å². The third-order valence-electron chi connectivity index (χ3n) is 2.22. The fraction of sp³-hybridized carbons (Fsp3) is 0.200. The summed E-state index contributed by atoms with van der Waals surface area (Å²) in [6.45, 7) is 0. The van der Waals surface area contributed by atoms with Crippen LogP contribution in [0.5, 0.6) is 0 Å². The zero-order valence-electron chi connectivity index (χ0n) is 7.96. The van der Waals surface area contributed by atoms with E-state index < -0.39 is 11.8 Å². The van der Waals surface area contributed by atoms with Gasteiger partial charge in [-0.05, 0) is 17.7 Å². The van der Waals surface area contributed by atoms with Gasteiger partial charge >= 0.3 is 5.97 Å². The molecule has 0 spiro atoms. The quantitative estimate of drug-likeness (QED) is 0.705. The minimum Gasteiger partial charge on any atom is -0.465 e. The molecule has 78 valence electrons. The summed E-state index contributed by atoms with van der Waals surface area (Å²) in [5.74, 6) is -1.64. The predicted octanol–water partition coefficient (Wildman–Crippen LogP) is 1.11. The molecular formula is C10H8FNO3. The predicted molar refractivity (Wildman–Crippen MR) is 50.1 cm³/mol. The standard InChI is InChI=1S/C10H8FNO3/c1-15-10(14)6-2-5-3-9(13)12-8(5)4-7(6)11/h2,4H,3H2,1H3,(H,12,13). The largest absolute Gasteiger partial charge is 0.465 e. The van der Waals surface area contributed by atoms with Crippen LogP contribution in [-0.4, -0.2) is 19.0 Å². The summed E-state index contributed by atoms with van der Waals surface area (Å²) < 4.78 is 17.8. The maximum absolute atomic E-state index is 13.4. The van der Waals surface area contributed by atoms with Gasteiger partial charge in [-0.2, -0.15) is 0 Å². The average molecular weight is 209 g/mol. The maximum Gasteiger partial charge on any atom is 0.340 e. The number of esters is 1. The molecule has 0 unspecified atom stereocenters. The smallest absolute Gasteiger partial charge is 0.340 e. The number of methoxy groups -OCH3 is 1. The summed E-state index contributed by atoms with van der Waals surface area (Å²) in [6, 6.07) is 2.47. The molecule has 4 nitrogen and oxygen atoms in total. The first-order chi connectivity index (χ1) is 7.11. The minimum atomic E-state index is -0.741. The molecule has 2 rings (SSSR count). The van der Waals surface area contributed by atoms with Crippen LogP contribution in [0.2, 0.25) is 0 Å². The molecular weight excluding hydrogens is 201 g/mol. The number of nitrogens with one attached hydrogen (secondary N) is 1. The highest BCUT2D eigenvalue weighted by Gasteiger charge is 2.22. The molecule has 0 aliphatic carbocycles. The van der Waals surface area contributed by atoms with Gasteiger partial charge in [0, 0.05) is 5.69 Å². The lowest BCUT2D eigenvalue weighted by Crippen LogP contribution is -2.05. The van der Waals surface area contributed by atoms with Crippen molar-refractivity contribution in [3.63, 3.8) is 0 Å². The molecule has 0 saturated heterocycles. The topological polar surface area (TPSA) is 55.4 Å². The number of hydrogen-bond acceptors (Lipinski definition) is 3. The van der Waals surface area contributed by atoms with Gasteiger partial charge in [0.2, 0.25) is 5.91 Å². The average Bonchev–Trinajstić information content (AvgIpc) is 2.55. The number of halogens is 1. The van der Waals surface area contributed by atoms with Gasteiger partial charge in [0.15, 0.2) is 0 Å². The Labute approximate surface area is 85.0 Å². The van der Waals surface area contributed by atoms with Gasteiger partial charge in [0.1, 0.15) is 5.82 Å². The lowest BCUT2D eigenvalue weighted by Gasteiger charge is -2.04. The Morgan fingerprint density at radius 2 is 2.27 bits per heavy atom. The van der Waals surface area contributed by atoms with E-state index in [2.05, 4.69) is 10.1 Å². The molecule has 1 aromatic carbocycles. The third kappa shape index (κ3) is 1.56. The van der Waals surface area contributed by atoms with Crippen LogP contribution in [0, 0.1) is 5.82 Å². The molecule has 0 saturated carbocycles. The summed E-state index contributed by atoms with van der Waals surface area (Å²) >= 11 is 0. The molecule has 0 aromatic heterocycles. The van der Waals surface area contributed by atoms with Crippen molar-refractivity contribution in [2.24, 2.45) is 0 Å². The Bertz CT molecular complexity index is 456. The van der Waals surface area contributed by atoms with Gasteiger partial charge in [0.05, 0.1) is 19.1 Å². The Balaban J connectivity index is 2.48. The highest BCUT2D eigenvalue weighted by Crippen LogP contribution is 2.26. The fourth-order valence-corrected chi connectivity index (χ4v) is 1.51. The van der Waals surface area contributed by atoms with E-state index in [0.717, 1.165) is 6.07 Å². The Hall–Kier alpha value is -1.91. The molecule has 0 radical (unpaired) electrons. The van der Waals surface area contributed by atoms with Crippen LogP contribution in [0.15, 0.2) is 12.1 Å². The zero-order chi connectivity index (χ0) is 11.0. The van der Waals surface area contributed by atoms with Gasteiger partial charge in [-0.3, -0.25) is 4.79 Å². The Kier molecular flexibility index (Phi) is 2.15. The summed E-state index contributed by atoms with van der Waals surface area (Å²) in [6.07, 6.45) is 0.166. The van der Waals surface area contributed by atoms with Gasteiger partial charge < -0.3 is 10.1 Å². The van der Waals surface area contributed by atoms with Crippen LogP contribution >= 0.6 is 0 Å². The van der Waals surface area contributed by atoms with E-state index >= 15 is 0 Å². The molecule has 1 heterocycles. The molecule has 1 N–H and O–H groups in total. The number of hydrogen-bond donors (Lipinski definition) is 1. The number of ether oxygens (including phenoxy) is 1. The van der Waals surface area contributed by atoms with Crippen molar-refractivity contribution in [2.75, 3.05) is 12.4 Å². The summed E-state index contributed by atoms with van der Waals surface area (Å²) in [4.78, 5) is 22.2. The second kappa shape index (κ2) is 3.34. The SMILES string of the molecule is COC(=O)c1cc2c(cc1F)NC(=O)C2. The molecule has 1 aromatic rings. The molecule has 1 aliphatic heterocycles. The monoisotopic (exact) mass is 209 g/mol. The molecule has 5 heteroatoms. The fourth-order valence-electron chi connectivity index (χ4n) is 1.51. The van der Waals surface area contributed by atoms with E-state index in [0.29, 0.717) is 11.3 Å². The van der Waals surface area contributed by atoms with Crippen molar-refractivity contribution in [3.05, 3.63) is 29.1 Å². The van der Waals surface area contributed by atoms with E-state index in [-0.39, 0.29) is 17.9 Å². The zero-order valence-corrected chi connectivity index (χ0v) is 7.96. The van der Waals surface area contributed by atoms with Crippen molar-refractivity contribution in [2.45, 2.75) is 6.42 Å². The van der Waals surface area contributed by atoms with Crippen LogP contribution in [0.3, 0.4) is 0 Å². The number of rotatable bonds is 1. The number of fused-ring (bicyclic) bond motifs is 1. The van der Waals surface area contributed by atoms with Crippen molar-refractivity contribution in [1.82, 2.24) is 0 Å². The van der Waals surface area contributed by atoms with Crippen molar-refractivity contribution >= 4 is 17.6 Å². The maximum atomic E-state index is 13.4. The van der Waals surface area contributed by atoms with Crippen LogP contribution in [0.4, 0.5) is 10.1 Å². The molecule has 1 aliphatic rings. The molecule has 15 heavy (non-hydrogen) atoms. The van der Waals surface area contributed by atoms with E-state index in [1.165, 1.54) is 13.2 Å². The van der Waals surface area contributed by atoms with Crippen LogP contribution in [-0.2, 0) is 16.0 Å². The van der Waals surface area contributed by atoms with E-state index in [9.17, 15) is 14.0 Å². The molecule has 0 bridgehead atoms. The van der Waals surface area contributed by atoms with Crippen molar-refractivity contribution in [1.29, 1.82) is 0 Å². The summed E-state index contributed by atoms with van der Waals surface area (Å²) in [5, 5.41) is 2.49. The van der Waals surface area contributed by atoms with E-state index in [1.807, 2.05) is 0 Å². The van der Waals surface area contributed by atoms with E-state index in [4.69, 9.17) is 0 Å². The lowest BCUT2D eigenvalue weighted by atomic mass is 10.1. The summed E-state index contributed by atoms with van der Waals surface area (Å²) in [7, 11) is 1.18. The van der Waals surface area contributed by atoms with Crippen LogP contribution < -0.4 is 5.32 Å². The molecule has 1 amide bonds. The van der Waals surface area contributed by atoms with Crippen LogP contribution in [0.25, 0.3) is 0 Å². The Morgan fingerprint density at radius 3 is 2.93 bits per heavy atom. The first-order valence-corrected chi connectivity index (χ1v) is 4.32. The van der Waals surface area contributed by atoms with Crippen LogP contribution in [0.1, 0.15) is 15.9 Å². The Morgan fingerprint density at radius 1 is 1.53 bits per heavy atom. The molecule has 0 fully saturated rings. The highest BCUT2D eigenvalue weighted by molar-refractivity contribution is 6.00. The van der Waals surface area contributed by atoms with Gasteiger partial charge in [0.25, 0.3) is 0 Å². The highest BCUT2D eigenvalue weighted by atomic mass is 19.1. The first kappa shape index (κ1) is 9.64. The second-order valence-corrected chi connectivity index (χ2v) is 3.21. The van der Waals surface area contributed by atoms with Gasteiger partial charge in [-0.1, -0.05) is 0 Å². The normalized spacial score (nSPS) is 13.3. The lowest BCUT2D eigenvalue weighted by molar-refractivity contribution is -0.115. The second-order valence-electron chi connectivity index (χ2n) is 3.21. The van der Waals surface area contributed by atoms with Crippen molar-refractivity contribution < 1.29 is 18.7 Å². The number of amides is 1. The number of carbonyl (C=O) groups is 2. The van der Waals surface area contributed by atoms with E-state index in [1.54, 1.807) is 0 Å². The van der Waals surface area contributed by atoms with Gasteiger partial charge in [-0.25, -0.2) is 9.18 Å². The number of benzene rings is 1. The first-order valence-electron chi connectivity index (χ1n) is 4.32. The number of carbonyl (C=O) groups excluding carboxylic acids is 2. The minimum absolute atomic E-state index is 0.146.